The average molecular weight is 313 g/mol. The van der Waals surface area contributed by atoms with Gasteiger partial charge in [-0.05, 0) is 13.0 Å². The number of aromatic amines is 1. The molecule has 2 aromatic heterocycles. The van der Waals surface area contributed by atoms with Crippen LogP contribution in [0.1, 0.15) is 6.92 Å². The Kier molecular flexibility index (Phi) is 4.06. The monoisotopic (exact) mass is 313 g/mol. The Morgan fingerprint density at radius 2 is 2.27 bits per heavy atom. The number of hydrogen-bond acceptors (Lipinski definition) is 5. The molecule has 6 nitrogen and oxygen atoms in total. The Hall–Kier alpha value is -2.41. The van der Waals surface area contributed by atoms with Crippen LogP contribution in [0.4, 0.5) is 0 Å². The van der Waals surface area contributed by atoms with Gasteiger partial charge in [-0.1, -0.05) is 36.0 Å². The van der Waals surface area contributed by atoms with Crippen molar-refractivity contribution in [1.29, 1.82) is 0 Å². The van der Waals surface area contributed by atoms with Gasteiger partial charge in [0.1, 0.15) is 5.52 Å². The van der Waals surface area contributed by atoms with Gasteiger partial charge >= 0.3 is 0 Å². The molecule has 0 bridgehead atoms. The van der Waals surface area contributed by atoms with E-state index in [2.05, 4.69) is 32.1 Å². The number of carbonyl (C=O) groups excluding carboxylic acids is 1. The fourth-order valence-corrected chi connectivity index (χ4v) is 2.82. The summed E-state index contributed by atoms with van der Waals surface area (Å²) in [7, 11) is 0. The van der Waals surface area contributed by atoms with E-state index in [-0.39, 0.29) is 11.2 Å². The molecular weight excluding hydrogens is 298 g/mol. The lowest BCUT2D eigenvalue weighted by Crippen LogP contribution is -2.31. The Balaban J connectivity index is 1.84. The van der Waals surface area contributed by atoms with Crippen molar-refractivity contribution in [1.82, 2.24) is 25.5 Å². The Bertz CT molecular complexity index is 844. The van der Waals surface area contributed by atoms with Crippen molar-refractivity contribution in [3.8, 4) is 0 Å². The van der Waals surface area contributed by atoms with Gasteiger partial charge in [0.05, 0.1) is 5.25 Å². The number of H-pyrrole nitrogens is 1. The normalized spacial score (nSPS) is 12.4. The molecule has 112 valence electrons. The summed E-state index contributed by atoms with van der Waals surface area (Å²) >= 11 is 1.28. The summed E-state index contributed by atoms with van der Waals surface area (Å²) < 4.78 is 0. The molecule has 0 aliphatic carbocycles. The Morgan fingerprint density at radius 1 is 1.45 bits per heavy atom. The first kappa shape index (κ1) is 14.5. The number of carbonyl (C=O) groups is 1. The van der Waals surface area contributed by atoms with Crippen LogP contribution in [-0.2, 0) is 4.79 Å². The molecule has 0 fully saturated rings. The van der Waals surface area contributed by atoms with Gasteiger partial charge in [0.25, 0.3) is 0 Å². The number of fused-ring (bicyclic) bond motifs is 3. The van der Waals surface area contributed by atoms with Crippen molar-refractivity contribution in [3.63, 3.8) is 0 Å². The quantitative estimate of drug-likeness (QED) is 0.558. The number of benzene rings is 1. The molecule has 0 radical (unpaired) electrons. The molecule has 0 spiro atoms. The van der Waals surface area contributed by atoms with E-state index in [4.69, 9.17) is 0 Å². The highest BCUT2D eigenvalue weighted by atomic mass is 32.2. The third kappa shape index (κ3) is 2.80. The van der Waals surface area contributed by atoms with E-state index >= 15 is 0 Å². The van der Waals surface area contributed by atoms with E-state index in [1.165, 1.54) is 11.8 Å². The highest BCUT2D eigenvalue weighted by Gasteiger charge is 2.16. The van der Waals surface area contributed by atoms with Crippen LogP contribution in [0.15, 0.2) is 42.1 Å². The molecule has 22 heavy (non-hydrogen) atoms. The maximum atomic E-state index is 11.8. The standard InChI is InChI=1S/C15H15N5OS/c1-3-8-16-14(21)9(2)22-15-18-13-12(19-20-15)10-6-4-5-7-11(10)17-13/h3-7,9H,1,8H2,2H3,(H,16,21)(H,17,18,20)/t9-/m0/s1. The number of aromatic nitrogens is 4. The van der Waals surface area contributed by atoms with E-state index in [1.807, 2.05) is 31.2 Å². The minimum Gasteiger partial charge on any atom is -0.352 e. The number of rotatable bonds is 5. The Morgan fingerprint density at radius 3 is 3.09 bits per heavy atom. The number of nitrogens with zero attached hydrogens (tertiary/aromatic N) is 3. The van der Waals surface area contributed by atoms with Crippen LogP contribution >= 0.6 is 11.8 Å². The topological polar surface area (TPSA) is 83.6 Å². The van der Waals surface area contributed by atoms with E-state index in [9.17, 15) is 4.79 Å². The summed E-state index contributed by atoms with van der Waals surface area (Å²) in [6.45, 7) is 5.83. The van der Waals surface area contributed by atoms with Gasteiger partial charge in [-0.25, -0.2) is 4.98 Å². The Labute approximate surface area is 131 Å². The number of para-hydroxylation sites is 1. The van der Waals surface area contributed by atoms with Gasteiger partial charge < -0.3 is 10.3 Å². The zero-order chi connectivity index (χ0) is 15.5. The second kappa shape index (κ2) is 6.15. The minimum absolute atomic E-state index is 0.0785. The number of hydrogen-bond donors (Lipinski definition) is 2. The molecule has 1 atom stereocenters. The van der Waals surface area contributed by atoms with Crippen molar-refractivity contribution in [2.45, 2.75) is 17.3 Å². The molecule has 0 saturated heterocycles. The average Bonchev–Trinajstić information content (AvgIpc) is 2.90. The molecule has 2 heterocycles. The summed E-state index contributed by atoms with van der Waals surface area (Å²) in [5.41, 5.74) is 2.39. The fourth-order valence-electron chi connectivity index (χ4n) is 2.08. The minimum atomic E-state index is -0.302. The van der Waals surface area contributed by atoms with E-state index in [0.29, 0.717) is 17.3 Å². The molecule has 1 aromatic carbocycles. The number of thioether (sulfide) groups is 1. The molecule has 0 aliphatic heterocycles. The van der Waals surface area contributed by atoms with Crippen LogP contribution in [-0.4, -0.2) is 37.9 Å². The zero-order valence-electron chi connectivity index (χ0n) is 12.0. The molecule has 0 aliphatic rings. The van der Waals surface area contributed by atoms with Crippen LogP contribution in [0.25, 0.3) is 22.1 Å². The van der Waals surface area contributed by atoms with Gasteiger partial charge in [-0.15, -0.1) is 16.8 Å². The number of amides is 1. The fraction of sp³-hybridized carbons (Fsp3) is 0.200. The van der Waals surface area contributed by atoms with E-state index < -0.39 is 0 Å². The third-order valence-electron chi connectivity index (χ3n) is 3.17. The maximum Gasteiger partial charge on any atom is 0.233 e. The van der Waals surface area contributed by atoms with Crippen LogP contribution in [0.2, 0.25) is 0 Å². The predicted octanol–water partition coefficient (Wildman–Crippen LogP) is 2.29. The lowest BCUT2D eigenvalue weighted by atomic mass is 10.2. The van der Waals surface area contributed by atoms with Crippen molar-refractivity contribution in [2.24, 2.45) is 0 Å². The first-order valence-corrected chi connectivity index (χ1v) is 7.73. The van der Waals surface area contributed by atoms with E-state index in [1.54, 1.807) is 6.08 Å². The molecular formula is C15H15N5OS. The summed E-state index contributed by atoms with van der Waals surface area (Å²) in [6, 6.07) is 7.85. The van der Waals surface area contributed by atoms with Gasteiger partial charge in [0.15, 0.2) is 5.65 Å². The van der Waals surface area contributed by atoms with Gasteiger partial charge in [-0.2, -0.15) is 0 Å². The predicted molar refractivity (Wildman–Crippen MR) is 87.7 cm³/mol. The molecule has 7 heteroatoms. The second-order valence-corrected chi connectivity index (χ2v) is 6.06. The molecule has 0 saturated carbocycles. The van der Waals surface area contributed by atoms with Gasteiger partial charge in [0.2, 0.25) is 11.1 Å². The molecule has 3 rings (SSSR count). The smallest absolute Gasteiger partial charge is 0.233 e. The number of nitrogens with one attached hydrogen (secondary N) is 2. The first-order valence-electron chi connectivity index (χ1n) is 6.85. The second-order valence-electron chi connectivity index (χ2n) is 4.76. The first-order chi connectivity index (χ1) is 10.7. The molecule has 1 amide bonds. The highest BCUT2D eigenvalue weighted by molar-refractivity contribution is 8.00. The maximum absolute atomic E-state index is 11.8. The largest absolute Gasteiger partial charge is 0.352 e. The van der Waals surface area contributed by atoms with Crippen molar-refractivity contribution < 1.29 is 4.79 Å². The SMILES string of the molecule is C=CCNC(=O)[C@H](C)Sc1nnc2c(n1)[nH]c1ccccc12. The molecule has 0 unspecified atom stereocenters. The summed E-state index contributed by atoms with van der Waals surface area (Å²) in [5.74, 6) is -0.0785. The third-order valence-corrected chi connectivity index (χ3v) is 4.13. The summed E-state index contributed by atoms with van der Waals surface area (Å²) in [6.07, 6.45) is 1.64. The van der Waals surface area contributed by atoms with Crippen LogP contribution in [0.3, 0.4) is 0 Å². The molecule has 2 N–H and O–H groups in total. The van der Waals surface area contributed by atoms with Crippen molar-refractivity contribution in [2.75, 3.05) is 6.54 Å². The highest BCUT2D eigenvalue weighted by Crippen LogP contribution is 2.24. The lowest BCUT2D eigenvalue weighted by molar-refractivity contribution is -0.120. The van der Waals surface area contributed by atoms with Crippen LogP contribution in [0.5, 0.6) is 0 Å². The zero-order valence-corrected chi connectivity index (χ0v) is 12.9. The lowest BCUT2D eigenvalue weighted by Gasteiger charge is -2.08. The van der Waals surface area contributed by atoms with Crippen LogP contribution in [0, 0.1) is 0 Å². The van der Waals surface area contributed by atoms with Crippen molar-refractivity contribution >= 4 is 39.7 Å². The van der Waals surface area contributed by atoms with Crippen LogP contribution < -0.4 is 5.32 Å². The molecule has 3 aromatic rings. The summed E-state index contributed by atoms with van der Waals surface area (Å²) in [4.78, 5) is 19.5. The van der Waals surface area contributed by atoms with Crippen molar-refractivity contribution in [3.05, 3.63) is 36.9 Å². The van der Waals surface area contributed by atoms with Gasteiger partial charge in [-0.3, -0.25) is 4.79 Å². The summed E-state index contributed by atoms with van der Waals surface area (Å²) in [5, 5.41) is 12.3. The van der Waals surface area contributed by atoms with E-state index in [0.717, 1.165) is 16.4 Å². The van der Waals surface area contributed by atoms with Gasteiger partial charge in [0, 0.05) is 17.4 Å².